The molecule has 0 spiro atoms. The second kappa shape index (κ2) is 10.6. The molecule has 3 amide bonds. The van der Waals surface area contributed by atoms with Gasteiger partial charge in [0.1, 0.15) is 12.1 Å². The average Bonchev–Trinajstić information content (AvgIpc) is 3.16. The number of benzene rings is 1. The first-order chi connectivity index (χ1) is 13.7. The highest BCUT2D eigenvalue weighted by molar-refractivity contribution is 5.94. The van der Waals surface area contributed by atoms with Gasteiger partial charge in [0.05, 0.1) is 0 Å². The Bertz CT molecular complexity index is 747. The number of alkyl carbamates (subject to hydrolysis) is 1. The van der Waals surface area contributed by atoms with E-state index >= 15 is 0 Å². The Morgan fingerprint density at radius 2 is 1.79 bits per heavy atom. The molecule has 1 saturated carbocycles. The number of amides is 3. The molecule has 1 aromatic carbocycles. The molecule has 0 aromatic heterocycles. The number of anilines is 1. The third-order valence-corrected chi connectivity index (χ3v) is 4.46. The van der Waals surface area contributed by atoms with E-state index in [0.29, 0.717) is 18.2 Å². The summed E-state index contributed by atoms with van der Waals surface area (Å²) in [6.07, 6.45) is 7.69. The molecule has 7 heteroatoms. The standard InChI is InChI=1S/C22H31N3O4/c1-22(2,3)29-21(28)24-15-20(27)25-18-11-7-6-10-17(18)14-23-19(26)13-12-16-8-4-5-9-16/h6-7,10-13,16H,4-5,8-9,14-15H2,1-3H3,(H,23,26)(H,24,28)(H,25,27)/b13-12+. The fraction of sp³-hybridized carbons (Fsp3) is 0.500. The van der Waals surface area contributed by atoms with Crippen molar-refractivity contribution in [3.63, 3.8) is 0 Å². The van der Waals surface area contributed by atoms with Crippen LogP contribution >= 0.6 is 0 Å². The summed E-state index contributed by atoms with van der Waals surface area (Å²) in [5.41, 5.74) is 0.738. The number of carbonyl (C=O) groups is 3. The van der Waals surface area contributed by atoms with Gasteiger partial charge < -0.3 is 20.7 Å². The molecule has 0 heterocycles. The largest absolute Gasteiger partial charge is 0.444 e. The summed E-state index contributed by atoms with van der Waals surface area (Å²) in [5.74, 6) is -0.0230. The molecule has 1 fully saturated rings. The van der Waals surface area contributed by atoms with Gasteiger partial charge in [0, 0.05) is 12.2 Å². The molecule has 0 saturated heterocycles. The van der Waals surface area contributed by atoms with E-state index in [1.165, 1.54) is 12.8 Å². The summed E-state index contributed by atoms with van der Waals surface area (Å²) in [4.78, 5) is 35.8. The van der Waals surface area contributed by atoms with E-state index in [0.717, 1.165) is 18.4 Å². The maximum Gasteiger partial charge on any atom is 0.408 e. The second-order valence-electron chi connectivity index (χ2n) is 8.18. The number of hydrogen-bond acceptors (Lipinski definition) is 4. The van der Waals surface area contributed by atoms with E-state index in [-0.39, 0.29) is 18.4 Å². The normalized spacial score (nSPS) is 14.6. The molecule has 0 atom stereocenters. The van der Waals surface area contributed by atoms with Crippen molar-refractivity contribution >= 4 is 23.6 Å². The maximum absolute atomic E-state index is 12.1. The molecule has 7 nitrogen and oxygen atoms in total. The van der Waals surface area contributed by atoms with Gasteiger partial charge in [-0.15, -0.1) is 0 Å². The predicted molar refractivity (Wildman–Crippen MR) is 112 cm³/mol. The summed E-state index contributed by atoms with van der Waals surface area (Å²) in [6.45, 7) is 5.34. The van der Waals surface area contributed by atoms with Crippen molar-refractivity contribution < 1.29 is 19.1 Å². The van der Waals surface area contributed by atoms with Gasteiger partial charge in [-0.2, -0.15) is 0 Å². The van der Waals surface area contributed by atoms with Crippen LogP contribution in [-0.4, -0.2) is 30.1 Å². The van der Waals surface area contributed by atoms with Crippen molar-refractivity contribution in [1.29, 1.82) is 0 Å². The highest BCUT2D eigenvalue weighted by atomic mass is 16.6. The molecule has 1 aromatic rings. The number of para-hydroxylation sites is 1. The fourth-order valence-corrected chi connectivity index (χ4v) is 3.07. The lowest BCUT2D eigenvalue weighted by Crippen LogP contribution is -2.37. The Morgan fingerprint density at radius 1 is 1.10 bits per heavy atom. The molecule has 158 valence electrons. The third-order valence-electron chi connectivity index (χ3n) is 4.46. The van der Waals surface area contributed by atoms with Crippen LogP contribution in [0.2, 0.25) is 0 Å². The number of carbonyl (C=O) groups excluding carboxylic acids is 3. The summed E-state index contributed by atoms with van der Waals surface area (Å²) in [6, 6.07) is 7.21. The van der Waals surface area contributed by atoms with Crippen LogP contribution in [0.25, 0.3) is 0 Å². The SMILES string of the molecule is CC(C)(C)OC(=O)NCC(=O)Nc1ccccc1CNC(=O)/C=C/C1CCCC1. The van der Waals surface area contributed by atoms with Gasteiger partial charge in [0.25, 0.3) is 0 Å². The van der Waals surface area contributed by atoms with Crippen molar-refractivity contribution in [3.05, 3.63) is 42.0 Å². The van der Waals surface area contributed by atoms with E-state index in [1.54, 1.807) is 39.0 Å². The van der Waals surface area contributed by atoms with Crippen LogP contribution in [-0.2, 0) is 20.9 Å². The van der Waals surface area contributed by atoms with Crippen LogP contribution in [0.3, 0.4) is 0 Å². The van der Waals surface area contributed by atoms with Crippen molar-refractivity contribution in [2.45, 2.75) is 58.6 Å². The smallest absolute Gasteiger partial charge is 0.408 e. The number of hydrogen-bond donors (Lipinski definition) is 3. The second-order valence-corrected chi connectivity index (χ2v) is 8.18. The number of allylic oxidation sites excluding steroid dienone is 1. The zero-order valence-electron chi connectivity index (χ0n) is 17.4. The quantitative estimate of drug-likeness (QED) is 0.609. The van der Waals surface area contributed by atoms with E-state index in [4.69, 9.17) is 4.74 Å². The van der Waals surface area contributed by atoms with Crippen LogP contribution < -0.4 is 16.0 Å². The molecule has 1 aliphatic rings. The molecule has 29 heavy (non-hydrogen) atoms. The van der Waals surface area contributed by atoms with Gasteiger partial charge >= 0.3 is 6.09 Å². The van der Waals surface area contributed by atoms with Gasteiger partial charge in [-0.25, -0.2) is 4.79 Å². The molecule has 3 N–H and O–H groups in total. The molecule has 0 bridgehead atoms. The fourth-order valence-electron chi connectivity index (χ4n) is 3.07. The minimum atomic E-state index is -0.651. The van der Waals surface area contributed by atoms with Crippen LogP contribution in [0.1, 0.15) is 52.0 Å². The minimum Gasteiger partial charge on any atom is -0.444 e. The predicted octanol–water partition coefficient (Wildman–Crippen LogP) is 3.51. The summed E-state index contributed by atoms with van der Waals surface area (Å²) >= 11 is 0. The van der Waals surface area contributed by atoms with E-state index in [9.17, 15) is 14.4 Å². The number of nitrogens with one attached hydrogen (secondary N) is 3. The van der Waals surface area contributed by atoms with Crippen molar-refractivity contribution in [3.8, 4) is 0 Å². The van der Waals surface area contributed by atoms with Gasteiger partial charge in [-0.05, 0) is 57.2 Å². The Balaban J connectivity index is 1.82. The molecule has 0 aliphatic heterocycles. The highest BCUT2D eigenvalue weighted by Crippen LogP contribution is 2.25. The first-order valence-corrected chi connectivity index (χ1v) is 10.0. The van der Waals surface area contributed by atoms with Crippen LogP contribution in [0, 0.1) is 5.92 Å². The van der Waals surface area contributed by atoms with Crippen molar-refractivity contribution in [2.75, 3.05) is 11.9 Å². The Kier molecular flexibility index (Phi) is 8.24. The van der Waals surface area contributed by atoms with E-state index in [1.807, 2.05) is 18.2 Å². The third kappa shape index (κ3) is 8.81. The first kappa shape index (κ1) is 22.5. The van der Waals surface area contributed by atoms with Gasteiger partial charge in [-0.3, -0.25) is 9.59 Å². The highest BCUT2D eigenvalue weighted by Gasteiger charge is 2.17. The summed E-state index contributed by atoms with van der Waals surface area (Å²) < 4.78 is 5.10. The molecular formula is C22H31N3O4. The van der Waals surface area contributed by atoms with Crippen molar-refractivity contribution in [2.24, 2.45) is 5.92 Å². The van der Waals surface area contributed by atoms with Crippen LogP contribution in [0.5, 0.6) is 0 Å². The summed E-state index contributed by atoms with van der Waals surface area (Å²) in [7, 11) is 0. The van der Waals surface area contributed by atoms with Crippen molar-refractivity contribution in [1.82, 2.24) is 10.6 Å². The zero-order valence-corrected chi connectivity index (χ0v) is 17.4. The lowest BCUT2D eigenvalue weighted by Gasteiger charge is -2.19. The average molecular weight is 402 g/mol. The Hall–Kier alpha value is -2.83. The molecule has 2 rings (SSSR count). The van der Waals surface area contributed by atoms with E-state index < -0.39 is 11.7 Å². The van der Waals surface area contributed by atoms with Gasteiger partial charge in [0.2, 0.25) is 11.8 Å². The monoisotopic (exact) mass is 401 g/mol. The van der Waals surface area contributed by atoms with E-state index in [2.05, 4.69) is 16.0 Å². The topological polar surface area (TPSA) is 96.5 Å². The van der Waals surface area contributed by atoms with Gasteiger partial charge in [0.15, 0.2) is 0 Å². The maximum atomic E-state index is 12.1. The lowest BCUT2D eigenvalue weighted by molar-refractivity contribution is -0.116. The van der Waals surface area contributed by atoms with Crippen LogP contribution in [0.4, 0.5) is 10.5 Å². The number of rotatable bonds is 7. The molecular weight excluding hydrogens is 370 g/mol. The number of ether oxygens (including phenoxy) is 1. The molecule has 1 aliphatic carbocycles. The first-order valence-electron chi connectivity index (χ1n) is 10.0. The van der Waals surface area contributed by atoms with Gasteiger partial charge in [-0.1, -0.05) is 37.1 Å². The summed E-state index contributed by atoms with van der Waals surface area (Å²) in [5, 5.41) is 8.02. The Morgan fingerprint density at radius 3 is 2.48 bits per heavy atom. The molecule has 0 radical (unpaired) electrons. The minimum absolute atomic E-state index is 0.148. The lowest BCUT2D eigenvalue weighted by atomic mass is 10.1. The Labute approximate surface area is 172 Å². The zero-order chi connectivity index (χ0) is 21.3. The molecule has 0 unspecified atom stereocenters. The van der Waals surface area contributed by atoms with Crippen LogP contribution in [0.15, 0.2) is 36.4 Å².